The summed E-state index contributed by atoms with van der Waals surface area (Å²) >= 11 is 0. The summed E-state index contributed by atoms with van der Waals surface area (Å²) in [6, 6.07) is 7.78. The van der Waals surface area contributed by atoms with Gasteiger partial charge in [-0.3, -0.25) is 0 Å². The molecular weight excluding hydrogens is 348 g/mol. The van der Waals surface area contributed by atoms with Crippen LogP contribution in [-0.4, -0.2) is 49.7 Å². The van der Waals surface area contributed by atoms with Crippen molar-refractivity contribution in [1.29, 1.82) is 0 Å². The second kappa shape index (κ2) is 7.89. The van der Waals surface area contributed by atoms with Gasteiger partial charge in [0.25, 0.3) is 0 Å². The zero-order chi connectivity index (χ0) is 19.7. The van der Waals surface area contributed by atoms with Crippen molar-refractivity contribution in [2.45, 2.75) is 70.3 Å². The van der Waals surface area contributed by atoms with Crippen LogP contribution in [0.1, 0.15) is 33.3 Å². The molecule has 2 aliphatic rings. The van der Waals surface area contributed by atoms with Crippen molar-refractivity contribution in [3.8, 4) is 5.75 Å². The Bertz CT molecular complexity index is 639. The number of hydrogen-bond donors (Lipinski definition) is 0. The van der Waals surface area contributed by atoms with Crippen molar-refractivity contribution in [3.63, 3.8) is 0 Å². The Morgan fingerprint density at radius 2 is 1.81 bits per heavy atom. The Balaban J connectivity index is 1.76. The lowest BCUT2D eigenvalue weighted by Crippen LogP contribution is -2.46. The highest BCUT2D eigenvalue weighted by molar-refractivity contribution is 5.26. The molecule has 2 saturated heterocycles. The summed E-state index contributed by atoms with van der Waals surface area (Å²) in [4.78, 5) is 0. The van der Waals surface area contributed by atoms with Gasteiger partial charge in [0.2, 0.25) is 0 Å². The molecular formula is C21H30O6. The highest BCUT2D eigenvalue weighted by atomic mass is 16.8. The van der Waals surface area contributed by atoms with E-state index in [1.54, 1.807) is 13.2 Å². The van der Waals surface area contributed by atoms with Crippen LogP contribution in [0.25, 0.3) is 0 Å². The molecule has 2 fully saturated rings. The minimum Gasteiger partial charge on any atom is -0.497 e. The van der Waals surface area contributed by atoms with Crippen LogP contribution in [0.15, 0.2) is 36.9 Å². The smallest absolute Gasteiger partial charge is 0.164 e. The van der Waals surface area contributed by atoms with E-state index >= 15 is 0 Å². The molecule has 2 aliphatic heterocycles. The van der Waals surface area contributed by atoms with E-state index in [4.69, 9.17) is 28.4 Å². The zero-order valence-corrected chi connectivity index (χ0v) is 16.8. The van der Waals surface area contributed by atoms with E-state index in [1.807, 2.05) is 52.0 Å². The van der Waals surface area contributed by atoms with E-state index in [0.29, 0.717) is 13.2 Å². The van der Waals surface area contributed by atoms with E-state index < -0.39 is 11.6 Å². The molecule has 27 heavy (non-hydrogen) atoms. The Morgan fingerprint density at radius 3 is 2.37 bits per heavy atom. The van der Waals surface area contributed by atoms with E-state index in [0.717, 1.165) is 11.3 Å². The molecule has 6 nitrogen and oxygen atoms in total. The van der Waals surface area contributed by atoms with Crippen molar-refractivity contribution >= 4 is 0 Å². The van der Waals surface area contributed by atoms with Gasteiger partial charge in [-0.05, 0) is 45.4 Å². The molecule has 2 heterocycles. The number of methoxy groups -OCH3 is 1. The standard InChI is InChI=1S/C21H30O6/c1-7-16-19(27-21(4,5)25-16)18(17-13-24-20(2,3)26-17)23-12-14-8-10-15(22-6)11-9-14/h7-11,16-19H,1,12-13H2,2-6H3/t16-,17-,18+,19-/m1/s1. The quantitative estimate of drug-likeness (QED) is 0.678. The molecule has 0 unspecified atom stereocenters. The van der Waals surface area contributed by atoms with Crippen LogP contribution < -0.4 is 4.74 Å². The number of benzene rings is 1. The predicted octanol–water partition coefficient (Wildman–Crippen LogP) is 3.44. The van der Waals surface area contributed by atoms with Crippen LogP contribution in [0, 0.1) is 0 Å². The fourth-order valence-electron chi connectivity index (χ4n) is 3.46. The van der Waals surface area contributed by atoms with Crippen molar-refractivity contribution in [2.24, 2.45) is 0 Å². The topological polar surface area (TPSA) is 55.4 Å². The minimum absolute atomic E-state index is 0.261. The van der Waals surface area contributed by atoms with E-state index in [-0.39, 0.29) is 24.4 Å². The van der Waals surface area contributed by atoms with Crippen LogP contribution >= 0.6 is 0 Å². The normalized spacial score (nSPS) is 30.2. The van der Waals surface area contributed by atoms with Gasteiger partial charge < -0.3 is 28.4 Å². The van der Waals surface area contributed by atoms with Crippen molar-refractivity contribution < 1.29 is 28.4 Å². The summed E-state index contributed by atoms with van der Waals surface area (Å²) in [5, 5.41) is 0. The summed E-state index contributed by atoms with van der Waals surface area (Å²) in [6.45, 7) is 12.3. The fraction of sp³-hybridized carbons (Fsp3) is 0.619. The molecule has 0 amide bonds. The molecule has 3 rings (SSSR count). The van der Waals surface area contributed by atoms with Crippen molar-refractivity contribution in [3.05, 3.63) is 42.5 Å². The first-order chi connectivity index (χ1) is 12.7. The molecule has 1 aromatic rings. The first-order valence-corrected chi connectivity index (χ1v) is 9.27. The maximum absolute atomic E-state index is 6.29. The molecule has 1 aromatic carbocycles. The molecule has 0 spiro atoms. The van der Waals surface area contributed by atoms with Crippen LogP contribution in [0.4, 0.5) is 0 Å². The first kappa shape index (κ1) is 20.3. The number of ether oxygens (including phenoxy) is 6. The maximum atomic E-state index is 6.29. The lowest BCUT2D eigenvalue weighted by atomic mass is 10.0. The number of hydrogen-bond acceptors (Lipinski definition) is 6. The third kappa shape index (κ3) is 4.89. The molecule has 0 aliphatic carbocycles. The molecule has 0 N–H and O–H groups in total. The summed E-state index contributed by atoms with van der Waals surface area (Å²) in [7, 11) is 1.65. The van der Waals surface area contributed by atoms with Crippen molar-refractivity contribution in [1.82, 2.24) is 0 Å². The highest BCUT2D eigenvalue weighted by Crippen LogP contribution is 2.36. The van der Waals surface area contributed by atoms with Crippen LogP contribution in [0.3, 0.4) is 0 Å². The molecule has 0 radical (unpaired) electrons. The largest absolute Gasteiger partial charge is 0.497 e. The van der Waals surface area contributed by atoms with E-state index in [9.17, 15) is 0 Å². The first-order valence-electron chi connectivity index (χ1n) is 9.27. The SMILES string of the molecule is C=C[C@H]1OC(C)(C)O[C@H]1[C@@H](OCc1ccc(OC)cc1)[C@H]1COC(C)(C)O1. The average Bonchev–Trinajstić information content (AvgIpc) is 3.14. The Kier molecular flexibility index (Phi) is 5.93. The highest BCUT2D eigenvalue weighted by Gasteiger charge is 2.50. The average molecular weight is 378 g/mol. The fourth-order valence-corrected chi connectivity index (χ4v) is 3.46. The van der Waals surface area contributed by atoms with Gasteiger partial charge in [0, 0.05) is 0 Å². The second-order valence-corrected chi connectivity index (χ2v) is 7.79. The molecule has 0 bridgehead atoms. The van der Waals surface area contributed by atoms with Gasteiger partial charge in [0.15, 0.2) is 11.6 Å². The van der Waals surface area contributed by atoms with Gasteiger partial charge in [0.1, 0.15) is 30.2 Å². The maximum Gasteiger partial charge on any atom is 0.164 e. The molecule has 0 aromatic heterocycles. The predicted molar refractivity (Wildman–Crippen MR) is 100 cm³/mol. The van der Waals surface area contributed by atoms with Crippen molar-refractivity contribution in [2.75, 3.05) is 13.7 Å². The zero-order valence-electron chi connectivity index (χ0n) is 16.8. The summed E-state index contributed by atoms with van der Waals surface area (Å²) in [5.41, 5.74) is 1.03. The molecule has 6 heteroatoms. The summed E-state index contributed by atoms with van der Waals surface area (Å²) < 4.78 is 35.4. The minimum atomic E-state index is -0.708. The summed E-state index contributed by atoms with van der Waals surface area (Å²) in [5.74, 6) is -0.545. The number of rotatable bonds is 7. The van der Waals surface area contributed by atoms with Gasteiger partial charge in [-0.15, -0.1) is 6.58 Å². The molecule has 4 atom stereocenters. The van der Waals surface area contributed by atoms with E-state index in [2.05, 4.69) is 6.58 Å². The van der Waals surface area contributed by atoms with Crippen LogP contribution in [0.5, 0.6) is 5.75 Å². The Morgan fingerprint density at radius 1 is 1.11 bits per heavy atom. The van der Waals surface area contributed by atoms with E-state index in [1.165, 1.54) is 0 Å². The van der Waals surface area contributed by atoms with Gasteiger partial charge in [-0.2, -0.15) is 0 Å². The molecule has 150 valence electrons. The van der Waals surface area contributed by atoms with Crippen LogP contribution in [0.2, 0.25) is 0 Å². The van der Waals surface area contributed by atoms with Crippen LogP contribution in [-0.2, 0) is 30.3 Å². The lowest BCUT2D eigenvalue weighted by Gasteiger charge is -2.30. The molecule has 0 saturated carbocycles. The van der Waals surface area contributed by atoms with Gasteiger partial charge >= 0.3 is 0 Å². The monoisotopic (exact) mass is 378 g/mol. The second-order valence-electron chi connectivity index (χ2n) is 7.79. The van der Waals surface area contributed by atoms with Gasteiger partial charge in [-0.25, -0.2) is 0 Å². The van der Waals surface area contributed by atoms with Gasteiger partial charge in [-0.1, -0.05) is 18.2 Å². The lowest BCUT2D eigenvalue weighted by molar-refractivity contribution is -0.190. The van der Waals surface area contributed by atoms with Gasteiger partial charge in [0.05, 0.1) is 20.3 Å². The Hall–Kier alpha value is -1.44. The third-order valence-corrected chi connectivity index (χ3v) is 4.72. The third-order valence-electron chi connectivity index (χ3n) is 4.72. The Labute approximate surface area is 161 Å². The summed E-state index contributed by atoms with van der Waals surface area (Å²) in [6.07, 6.45) is 0.512.